The Labute approximate surface area is 311 Å². The molecule has 4 saturated carbocycles. The third-order valence-corrected chi connectivity index (χ3v) is 13.0. The second-order valence-electron chi connectivity index (χ2n) is 16.2. The SMILES string of the molecule is C=CC(=O)OCCC[C@H]1CC[C@H]([C@H]2CC[C@H](C(=O)O[C@H]3OCCO[C@@H]3OC(=O)[C@H]3CC[C@H]([C@H]4CC[C@H](CCCOC(=O)C=C)CC4)CC3)CC2)CC1. The topological polar surface area (TPSA) is 124 Å². The van der Waals surface area contributed by atoms with Gasteiger partial charge in [-0.25, -0.2) is 9.59 Å². The molecule has 10 heteroatoms. The fourth-order valence-corrected chi connectivity index (χ4v) is 9.84. The van der Waals surface area contributed by atoms with Gasteiger partial charge >= 0.3 is 23.9 Å². The van der Waals surface area contributed by atoms with E-state index in [4.69, 9.17) is 28.4 Å². The van der Waals surface area contributed by atoms with Crippen molar-refractivity contribution in [2.45, 2.75) is 141 Å². The molecule has 4 aliphatic carbocycles. The van der Waals surface area contributed by atoms with E-state index in [-0.39, 0.29) is 48.9 Å². The number of esters is 4. The highest BCUT2D eigenvalue weighted by atomic mass is 16.8. The Kier molecular flexibility index (Phi) is 16.5. The summed E-state index contributed by atoms with van der Waals surface area (Å²) in [5.74, 6) is 2.57. The molecule has 0 aromatic heterocycles. The molecule has 0 bridgehead atoms. The smallest absolute Gasteiger partial charge is 0.330 e. The molecule has 0 radical (unpaired) electrons. The molecule has 52 heavy (non-hydrogen) atoms. The van der Waals surface area contributed by atoms with Crippen molar-refractivity contribution in [2.75, 3.05) is 26.4 Å². The number of ether oxygens (including phenoxy) is 6. The molecule has 1 heterocycles. The van der Waals surface area contributed by atoms with Crippen LogP contribution in [-0.2, 0) is 47.6 Å². The van der Waals surface area contributed by atoms with E-state index in [9.17, 15) is 19.2 Å². The first-order chi connectivity index (χ1) is 25.3. The largest absolute Gasteiger partial charge is 0.463 e. The lowest BCUT2D eigenvalue weighted by Crippen LogP contribution is -2.46. The van der Waals surface area contributed by atoms with Crippen molar-refractivity contribution in [1.82, 2.24) is 0 Å². The van der Waals surface area contributed by atoms with Crippen LogP contribution in [0.1, 0.15) is 128 Å². The zero-order valence-electron chi connectivity index (χ0n) is 31.4. The highest BCUT2D eigenvalue weighted by Crippen LogP contribution is 2.44. The average Bonchev–Trinajstić information content (AvgIpc) is 3.19. The fourth-order valence-electron chi connectivity index (χ4n) is 9.84. The van der Waals surface area contributed by atoms with Crippen LogP contribution < -0.4 is 0 Å². The summed E-state index contributed by atoms with van der Waals surface area (Å²) in [5, 5.41) is 0. The van der Waals surface area contributed by atoms with Crippen molar-refractivity contribution < 1.29 is 47.6 Å². The first-order valence-electron chi connectivity index (χ1n) is 20.6. The molecule has 0 aromatic carbocycles. The van der Waals surface area contributed by atoms with E-state index in [1.807, 2.05) is 0 Å². The summed E-state index contributed by atoms with van der Waals surface area (Å²) < 4.78 is 33.4. The zero-order chi connectivity index (χ0) is 36.7. The summed E-state index contributed by atoms with van der Waals surface area (Å²) in [6.45, 7) is 8.39. The highest BCUT2D eigenvalue weighted by Gasteiger charge is 2.40. The minimum Gasteiger partial charge on any atom is -0.463 e. The van der Waals surface area contributed by atoms with Crippen molar-refractivity contribution in [2.24, 2.45) is 47.3 Å². The van der Waals surface area contributed by atoms with Crippen LogP contribution in [0.2, 0.25) is 0 Å². The molecule has 1 saturated heterocycles. The fraction of sp³-hybridized carbons (Fsp3) is 0.810. The van der Waals surface area contributed by atoms with Gasteiger partial charge in [-0.2, -0.15) is 0 Å². The van der Waals surface area contributed by atoms with Crippen LogP contribution in [0.15, 0.2) is 25.3 Å². The van der Waals surface area contributed by atoms with Crippen molar-refractivity contribution in [3.05, 3.63) is 25.3 Å². The normalized spacial score (nSPS) is 33.9. The maximum Gasteiger partial charge on any atom is 0.330 e. The lowest BCUT2D eigenvalue weighted by atomic mass is 9.68. The summed E-state index contributed by atoms with van der Waals surface area (Å²) in [4.78, 5) is 49.0. The van der Waals surface area contributed by atoms with Gasteiger partial charge in [0.15, 0.2) is 0 Å². The van der Waals surface area contributed by atoms with Crippen LogP contribution in [0.25, 0.3) is 0 Å². The van der Waals surface area contributed by atoms with Gasteiger partial charge in [0, 0.05) is 12.2 Å². The van der Waals surface area contributed by atoms with E-state index in [0.717, 1.165) is 77.0 Å². The Balaban J connectivity index is 0.953. The monoisotopic (exact) mass is 728 g/mol. The van der Waals surface area contributed by atoms with Crippen molar-refractivity contribution in [3.63, 3.8) is 0 Å². The number of hydrogen-bond acceptors (Lipinski definition) is 10. The predicted octanol–water partition coefficient (Wildman–Crippen LogP) is 8.02. The molecule has 0 unspecified atom stereocenters. The summed E-state index contributed by atoms with van der Waals surface area (Å²) in [6, 6.07) is 0. The van der Waals surface area contributed by atoms with E-state index in [1.54, 1.807) is 0 Å². The average molecular weight is 729 g/mol. The highest BCUT2D eigenvalue weighted by molar-refractivity contribution is 5.81. The Morgan fingerprint density at radius 1 is 0.500 bits per heavy atom. The molecule has 5 fully saturated rings. The molecule has 0 spiro atoms. The summed E-state index contributed by atoms with van der Waals surface area (Å²) >= 11 is 0. The van der Waals surface area contributed by atoms with Crippen LogP contribution in [0.5, 0.6) is 0 Å². The van der Waals surface area contributed by atoms with E-state index >= 15 is 0 Å². The van der Waals surface area contributed by atoms with Crippen LogP contribution in [-0.4, -0.2) is 62.9 Å². The van der Waals surface area contributed by atoms with Gasteiger partial charge in [-0.1, -0.05) is 38.8 Å². The lowest BCUT2D eigenvalue weighted by molar-refractivity contribution is -0.305. The van der Waals surface area contributed by atoms with Crippen LogP contribution in [0.4, 0.5) is 0 Å². The molecule has 0 aromatic rings. The quantitative estimate of drug-likeness (QED) is 0.0668. The van der Waals surface area contributed by atoms with Gasteiger partial charge in [-0.15, -0.1) is 0 Å². The van der Waals surface area contributed by atoms with Crippen LogP contribution >= 0.6 is 0 Å². The second-order valence-corrected chi connectivity index (χ2v) is 16.2. The van der Waals surface area contributed by atoms with Crippen LogP contribution in [0, 0.1) is 47.3 Å². The molecule has 0 amide bonds. The third-order valence-electron chi connectivity index (χ3n) is 13.0. The number of rotatable bonds is 16. The van der Waals surface area contributed by atoms with E-state index in [2.05, 4.69) is 13.2 Å². The van der Waals surface area contributed by atoms with Gasteiger partial charge in [-0.3, -0.25) is 9.59 Å². The Morgan fingerprint density at radius 3 is 1.15 bits per heavy atom. The predicted molar refractivity (Wildman–Crippen MR) is 194 cm³/mol. The number of carbonyl (C=O) groups is 4. The van der Waals surface area contributed by atoms with Gasteiger partial charge in [0.2, 0.25) is 0 Å². The number of hydrogen-bond donors (Lipinski definition) is 0. The first kappa shape index (κ1) is 40.5. The minimum absolute atomic E-state index is 0.167. The Morgan fingerprint density at radius 2 is 0.827 bits per heavy atom. The zero-order valence-corrected chi connectivity index (χ0v) is 31.4. The van der Waals surface area contributed by atoms with Crippen molar-refractivity contribution in [1.29, 1.82) is 0 Å². The number of carbonyl (C=O) groups excluding carboxylic acids is 4. The molecule has 10 nitrogen and oxygen atoms in total. The summed E-state index contributed by atoms with van der Waals surface area (Å²) in [5.41, 5.74) is 0. The molecule has 1 aliphatic heterocycles. The van der Waals surface area contributed by atoms with E-state index in [0.29, 0.717) is 48.7 Å². The summed E-state index contributed by atoms with van der Waals surface area (Å²) in [6.07, 6.45) is 21.6. The molecule has 5 rings (SSSR count). The van der Waals surface area contributed by atoms with Gasteiger partial charge in [0.05, 0.1) is 38.3 Å². The van der Waals surface area contributed by atoms with Gasteiger partial charge in [-0.05, 0) is 138 Å². The molecule has 0 N–H and O–H groups in total. The van der Waals surface area contributed by atoms with E-state index in [1.165, 1.54) is 63.5 Å². The molecular weight excluding hydrogens is 664 g/mol. The third kappa shape index (κ3) is 12.4. The first-order valence-corrected chi connectivity index (χ1v) is 20.6. The van der Waals surface area contributed by atoms with Crippen molar-refractivity contribution in [3.8, 4) is 0 Å². The summed E-state index contributed by atoms with van der Waals surface area (Å²) in [7, 11) is 0. The standard InChI is InChI=1S/C42H64O10/c1-3-37(43)47-25-5-7-29-9-13-31(14-10-29)33-17-21-35(22-18-33)39(45)51-41-42(50-28-27-49-41)52-40(46)36-23-19-34(20-24-36)32-15-11-30(12-16-32)8-6-26-48-38(44)4-2/h3-4,29-36,41-42H,1-2,5-28H2/t29-,30-,31-,32-,33-,34-,35-,36-,41-,42-/m1/s1. The molecule has 2 atom stereocenters. The van der Waals surface area contributed by atoms with Gasteiger partial charge < -0.3 is 28.4 Å². The minimum atomic E-state index is -1.03. The maximum absolute atomic E-state index is 13.3. The van der Waals surface area contributed by atoms with Gasteiger partial charge in [0.1, 0.15) is 0 Å². The van der Waals surface area contributed by atoms with Crippen molar-refractivity contribution >= 4 is 23.9 Å². The molecule has 292 valence electrons. The Hall–Kier alpha value is -2.72. The van der Waals surface area contributed by atoms with E-state index < -0.39 is 12.6 Å². The lowest BCUT2D eigenvalue weighted by Gasteiger charge is -2.38. The van der Waals surface area contributed by atoms with Gasteiger partial charge in [0.25, 0.3) is 12.6 Å². The molecular formula is C42H64O10. The molecule has 5 aliphatic rings. The van der Waals surface area contributed by atoms with Crippen LogP contribution in [0.3, 0.4) is 0 Å². The second kappa shape index (κ2) is 21.2. The Bertz CT molecular complexity index is 1060. The maximum atomic E-state index is 13.3.